The van der Waals surface area contributed by atoms with Gasteiger partial charge in [-0.15, -0.1) is 0 Å². The second-order valence-electron chi connectivity index (χ2n) is 6.34. The van der Waals surface area contributed by atoms with Gasteiger partial charge in [0, 0.05) is 0 Å². The Bertz CT molecular complexity index is 998. The van der Waals surface area contributed by atoms with Crippen LogP contribution in [0.25, 0.3) is 6.08 Å². The van der Waals surface area contributed by atoms with Crippen LogP contribution in [-0.2, 0) is 16.2 Å². The molecule has 0 aromatic heterocycles. The Morgan fingerprint density at radius 1 is 1.10 bits per heavy atom. The lowest BCUT2D eigenvalue weighted by Gasteiger charge is -2.17. The Hall–Kier alpha value is -2.46. The summed E-state index contributed by atoms with van der Waals surface area (Å²) >= 11 is 6.97. The summed E-state index contributed by atoms with van der Waals surface area (Å²) in [5, 5.41) is 4.85. The third-order valence-electron chi connectivity index (χ3n) is 4.05. The summed E-state index contributed by atoms with van der Waals surface area (Å²) in [6, 6.07) is 11.7. The van der Waals surface area contributed by atoms with Crippen molar-refractivity contribution in [3.8, 4) is 11.5 Å². The van der Waals surface area contributed by atoms with Crippen molar-refractivity contribution in [3.63, 3.8) is 0 Å². The van der Waals surface area contributed by atoms with Crippen molar-refractivity contribution in [2.24, 2.45) is 0 Å². The average Bonchev–Trinajstić information content (AvgIpc) is 2.64. The Labute approximate surface area is 187 Å². The number of ether oxygens (including phenoxy) is 2. The minimum absolute atomic E-state index is 0.00151. The molecule has 2 aromatic rings. The predicted octanol–water partition coefficient (Wildman–Crippen LogP) is 3.49. The lowest BCUT2D eigenvalue weighted by Crippen LogP contribution is -2.51. The van der Waals surface area contributed by atoms with Crippen molar-refractivity contribution in [2.45, 2.75) is 20.5 Å². The van der Waals surface area contributed by atoms with E-state index >= 15 is 0 Å². The molecular formula is C21H19IN2O4S. The summed E-state index contributed by atoms with van der Waals surface area (Å²) in [6.07, 6.45) is 1.50. The van der Waals surface area contributed by atoms with Gasteiger partial charge in [0.25, 0.3) is 11.8 Å². The summed E-state index contributed by atoms with van der Waals surface area (Å²) in [7, 11) is 0. The number of aryl methyl sites for hydroxylation is 1. The van der Waals surface area contributed by atoms with Crippen molar-refractivity contribution in [3.05, 3.63) is 62.2 Å². The average molecular weight is 522 g/mol. The zero-order chi connectivity index (χ0) is 21.0. The summed E-state index contributed by atoms with van der Waals surface area (Å²) in [6.45, 7) is 4.77. The Morgan fingerprint density at radius 3 is 2.48 bits per heavy atom. The first-order chi connectivity index (χ1) is 13.9. The zero-order valence-electron chi connectivity index (χ0n) is 15.9. The lowest BCUT2D eigenvalue weighted by molar-refractivity contribution is -0.123. The molecule has 1 saturated heterocycles. The van der Waals surface area contributed by atoms with Gasteiger partial charge < -0.3 is 9.47 Å². The second kappa shape index (κ2) is 9.36. The Balaban J connectivity index is 1.90. The van der Waals surface area contributed by atoms with Crippen LogP contribution in [0.3, 0.4) is 0 Å². The monoisotopic (exact) mass is 522 g/mol. The largest absolute Gasteiger partial charge is 0.490 e. The third kappa shape index (κ3) is 5.33. The molecule has 0 aliphatic carbocycles. The number of rotatable bonds is 6. The van der Waals surface area contributed by atoms with E-state index in [2.05, 4.69) is 39.3 Å². The Kier molecular flexibility index (Phi) is 6.86. The fraction of sp³-hybridized carbons (Fsp3) is 0.190. The molecule has 1 heterocycles. The van der Waals surface area contributed by atoms with E-state index < -0.39 is 11.8 Å². The zero-order valence-corrected chi connectivity index (χ0v) is 18.8. The standard InChI is InChI=1S/C21H19IN2O4S/c1-3-27-17-10-14(8-15-19(25)23-21(29)24-20(15)26)9-16(22)18(17)28-11-13-6-4-5-12(2)7-13/h4-10H,3,11H2,1-2H3,(H2,23,24,25,26,29). The van der Waals surface area contributed by atoms with Crippen LogP contribution in [0.1, 0.15) is 23.6 Å². The van der Waals surface area contributed by atoms with Gasteiger partial charge in [-0.2, -0.15) is 0 Å². The van der Waals surface area contributed by atoms with Crippen LogP contribution in [0.4, 0.5) is 0 Å². The normalized spacial score (nSPS) is 13.6. The molecule has 0 saturated carbocycles. The summed E-state index contributed by atoms with van der Waals surface area (Å²) in [5.41, 5.74) is 2.84. The highest BCUT2D eigenvalue weighted by Crippen LogP contribution is 2.35. The molecule has 3 rings (SSSR count). The van der Waals surface area contributed by atoms with E-state index in [-0.39, 0.29) is 10.7 Å². The summed E-state index contributed by atoms with van der Waals surface area (Å²) in [4.78, 5) is 24.2. The molecule has 2 N–H and O–H groups in total. The van der Waals surface area contributed by atoms with Crippen molar-refractivity contribution < 1.29 is 19.1 Å². The highest BCUT2D eigenvalue weighted by atomic mass is 127. The van der Waals surface area contributed by atoms with Gasteiger partial charge in [-0.25, -0.2) is 0 Å². The number of benzene rings is 2. The molecule has 1 fully saturated rings. The molecule has 2 aromatic carbocycles. The quantitative estimate of drug-likeness (QED) is 0.263. The number of halogens is 1. The van der Waals surface area contributed by atoms with Crippen LogP contribution in [0, 0.1) is 10.5 Å². The van der Waals surface area contributed by atoms with Crippen LogP contribution < -0.4 is 20.1 Å². The van der Waals surface area contributed by atoms with E-state index in [4.69, 9.17) is 21.7 Å². The molecule has 6 nitrogen and oxygen atoms in total. The van der Waals surface area contributed by atoms with Crippen molar-refractivity contribution in [1.29, 1.82) is 0 Å². The molecule has 0 bridgehead atoms. The molecule has 150 valence electrons. The first-order valence-corrected chi connectivity index (χ1v) is 10.4. The van der Waals surface area contributed by atoms with Gasteiger partial charge in [-0.1, -0.05) is 29.8 Å². The van der Waals surface area contributed by atoms with E-state index in [9.17, 15) is 9.59 Å². The van der Waals surface area contributed by atoms with E-state index in [0.717, 1.165) is 14.7 Å². The highest BCUT2D eigenvalue weighted by molar-refractivity contribution is 14.1. The minimum atomic E-state index is -0.536. The fourth-order valence-electron chi connectivity index (χ4n) is 2.80. The molecule has 29 heavy (non-hydrogen) atoms. The maximum absolute atomic E-state index is 12.1. The van der Waals surface area contributed by atoms with E-state index in [1.807, 2.05) is 38.1 Å². The Morgan fingerprint density at radius 2 is 1.83 bits per heavy atom. The SMILES string of the molecule is CCOc1cc(C=C2C(=O)NC(=S)NC2=O)cc(I)c1OCc1cccc(C)c1. The van der Waals surface area contributed by atoms with Crippen molar-refractivity contribution in [2.75, 3.05) is 6.61 Å². The van der Waals surface area contributed by atoms with E-state index in [0.29, 0.717) is 30.3 Å². The molecule has 2 amide bonds. The van der Waals surface area contributed by atoms with Crippen LogP contribution in [0.15, 0.2) is 42.0 Å². The molecule has 8 heteroatoms. The topological polar surface area (TPSA) is 76.7 Å². The maximum Gasteiger partial charge on any atom is 0.263 e. The minimum Gasteiger partial charge on any atom is -0.490 e. The van der Waals surface area contributed by atoms with E-state index in [1.54, 1.807) is 6.07 Å². The lowest BCUT2D eigenvalue weighted by atomic mass is 10.1. The third-order valence-corrected chi connectivity index (χ3v) is 5.06. The number of hydrogen-bond acceptors (Lipinski definition) is 5. The van der Waals surface area contributed by atoms with Gasteiger partial charge in [0.1, 0.15) is 12.2 Å². The summed E-state index contributed by atoms with van der Waals surface area (Å²) < 4.78 is 12.6. The molecule has 1 aliphatic heterocycles. The van der Waals surface area contributed by atoms with Gasteiger partial charge in [-0.3, -0.25) is 20.2 Å². The van der Waals surface area contributed by atoms with E-state index in [1.165, 1.54) is 6.08 Å². The number of nitrogens with one attached hydrogen (secondary N) is 2. The number of carbonyl (C=O) groups excluding carboxylic acids is 2. The highest BCUT2D eigenvalue weighted by Gasteiger charge is 2.26. The second-order valence-corrected chi connectivity index (χ2v) is 7.91. The smallest absolute Gasteiger partial charge is 0.263 e. The maximum atomic E-state index is 12.1. The molecule has 0 spiro atoms. The predicted molar refractivity (Wildman–Crippen MR) is 123 cm³/mol. The molecule has 0 atom stereocenters. The first kappa shape index (κ1) is 21.3. The van der Waals surface area contributed by atoms with Crippen LogP contribution in [-0.4, -0.2) is 23.5 Å². The van der Waals surface area contributed by atoms with Gasteiger partial charge in [0.05, 0.1) is 10.2 Å². The summed E-state index contributed by atoms with van der Waals surface area (Å²) in [5.74, 6) is 0.0962. The first-order valence-electron chi connectivity index (χ1n) is 8.90. The molecule has 0 unspecified atom stereocenters. The molecule has 1 aliphatic rings. The van der Waals surface area contributed by atoms with Crippen LogP contribution in [0.2, 0.25) is 0 Å². The number of carbonyl (C=O) groups is 2. The van der Waals surface area contributed by atoms with Crippen LogP contribution >= 0.6 is 34.8 Å². The number of thiocarbonyl (C=S) groups is 1. The van der Waals surface area contributed by atoms with Gasteiger partial charge in [0.15, 0.2) is 16.6 Å². The number of amides is 2. The van der Waals surface area contributed by atoms with Gasteiger partial charge in [-0.05, 0) is 78.0 Å². The van der Waals surface area contributed by atoms with Gasteiger partial charge in [0.2, 0.25) is 0 Å². The van der Waals surface area contributed by atoms with Crippen molar-refractivity contribution in [1.82, 2.24) is 10.6 Å². The molecule has 0 radical (unpaired) electrons. The van der Waals surface area contributed by atoms with Gasteiger partial charge >= 0.3 is 0 Å². The fourth-order valence-corrected chi connectivity index (χ4v) is 3.77. The number of hydrogen-bond donors (Lipinski definition) is 2. The van der Waals surface area contributed by atoms with Crippen molar-refractivity contribution >= 4 is 57.8 Å². The van der Waals surface area contributed by atoms with Crippen LogP contribution in [0.5, 0.6) is 11.5 Å². The molecular weight excluding hydrogens is 503 g/mol.